The van der Waals surface area contributed by atoms with Crippen molar-refractivity contribution in [3.63, 3.8) is 0 Å². The van der Waals surface area contributed by atoms with Crippen LogP contribution in [0.3, 0.4) is 0 Å². The maximum atomic E-state index is 13.6. The van der Waals surface area contributed by atoms with Crippen molar-refractivity contribution in [2.24, 2.45) is 5.73 Å². The minimum absolute atomic E-state index is 0.0156. The molecule has 1 atom stereocenters. The van der Waals surface area contributed by atoms with E-state index >= 15 is 0 Å². The predicted octanol–water partition coefficient (Wildman–Crippen LogP) is 3.01. The second-order valence-corrected chi connectivity index (χ2v) is 9.78. The minimum Gasteiger partial charge on any atom is -0.350 e. The second-order valence-electron chi connectivity index (χ2n) is 9.78. The lowest BCUT2D eigenvalue weighted by Gasteiger charge is -2.43. The number of nitrogens with two attached hydrogens (primary N) is 1. The quantitative estimate of drug-likeness (QED) is 0.670. The summed E-state index contributed by atoms with van der Waals surface area (Å²) < 4.78 is 0. The molecule has 4 rings (SSSR count). The third kappa shape index (κ3) is 6.28. The number of carbonyl (C=O) groups excluding carboxylic acids is 3. The van der Waals surface area contributed by atoms with Gasteiger partial charge in [0.2, 0.25) is 5.91 Å². The van der Waals surface area contributed by atoms with Crippen molar-refractivity contribution in [1.82, 2.24) is 15.1 Å². The first kappa shape index (κ1) is 24.9. The molecule has 1 heterocycles. The molecule has 3 amide bonds. The van der Waals surface area contributed by atoms with Crippen molar-refractivity contribution in [3.05, 3.63) is 71.3 Å². The van der Waals surface area contributed by atoms with Crippen LogP contribution in [-0.4, -0.2) is 58.9 Å². The summed E-state index contributed by atoms with van der Waals surface area (Å²) in [6.45, 7) is 2.86. The molecule has 2 aromatic carbocycles. The van der Waals surface area contributed by atoms with E-state index < -0.39 is 6.17 Å². The lowest BCUT2D eigenvalue weighted by atomic mass is 9.91. The van der Waals surface area contributed by atoms with Gasteiger partial charge in [-0.05, 0) is 63.1 Å². The number of rotatable bonds is 6. The molecular weight excluding hydrogens is 440 g/mol. The van der Waals surface area contributed by atoms with Gasteiger partial charge in [0, 0.05) is 37.2 Å². The average molecular weight is 477 g/mol. The molecular formula is C28H36N4O3. The van der Waals surface area contributed by atoms with E-state index in [1.165, 1.54) is 0 Å². The van der Waals surface area contributed by atoms with Crippen LogP contribution < -0.4 is 11.1 Å². The van der Waals surface area contributed by atoms with Crippen LogP contribution in [0.25, 0.3) is 0 Å². The Morgan fingerprint density at radius 3 is 2.26 bits per heavy atom. The van der Waals surface area contributed by atoms with Gasteiger partial charge in [0.1, 0.15) is 0 Å². The highest BCUT2D eigenvalue weighted by molar-refractivity contribution is 5.99. The normalized spacial score (nSPS) is 22.5. The number of nitrogens with one attached hydrogen (secondary N) is 1. The standard InChI is InChI=1S/C28H36N4O3/c1-20-8-11-22(12-9-20)28(35)32-19-5-18-31(25(33)17-10-21-6-3-2-4-7-21)27(32)26(34)30-24-15-13-23(29)14-16-24/h2-4,6-9,11-12,23-24,27H,5,10,13-19,29H2,1H3,(H,30,34). The van der Waals surface area contributed by atoms with Crippen LogP contribution in [0.4, 0.5) is 0 Å². The number of nitrogens with zero attached hydrogens (tertiary/aromatic N) is 2. The molecule has 2 aliphatic rings. The Labute approximate surface area is 207 Å². The van der Waals surface area contributed by atoms with Crippen LogP contribution >= 0.6 is 0 Å². The lowest BCUT2D eigenvalue weighted by Crippen LogP contribution is -2.64. The van der Waals surface area contributed by atoms with Gasteiger partial charge in [-0.25, -0.2) is 0 Å². The monoisotopic (exact) mass is 476 g/mol. The molecule has 7 heteroatoms. The minimum atomic E-state index is -0.948. The largest absolute Gasteiger partial charge is 0.350 e. The van der Waals surface area contributed by atoms with Crippen LogP contribution in [0.5, 0.6) is 0 Å². The molecule has 1 unspecified atom stereocenters. The molecule has 0 aromatic heterocycles. The van der Waals surface area contributed by atoms with E-state index in [1.807, 2.05) is 49.4 Å². The summed E-state index contributed by atoms with van der Waals surface area (Å²) in [4.78, 5) is 43.6. The zero-order valence-corrected chi connectivity index (χ0v) is 20.5. The molecule has 0 bridgehead atoms. The van der Waals surface area contributed by atoms with Gasteiger partial charge in [0.25, 0.3) is 11.8 Å². The summed E-state index contributed by atoms with van der Waals surface area (Å²) in [5.41, 5.74) is 8.69. The molecule has 35 heavy (non-hydrogen) atoms. The van der Waals surface area contributed by atoms with Crippen LogP contribution in [-0.2, 0) is 16.0 Å². The maximum absolute atomic E-state index is 13.6. The first-order valence-corrected chi connectivity index (χ1v) is 12.7. The van der Waals surface area contributed by atoms with Gasteiger partial charge in [-0.1, -0.05) is 48.0 Å². The summed E-state index contributed by atoms with van der Waals surface area (Å²) >= 11 is 0. The van der Waals surface area contributed by atoms with Crippen molar-refractivity contribution in [2.75, 3.05) is 13.1 Å². The molecule has 2 fully saturated rings. The molecule has 2 aromatic rings. The Bertz CT molecular complexity index is 1020. The Morgan fingerprint density at radius 1 is 0.914 bits per heavy atom. The van der Waals surface area contributed by atoms with Gasteiger partial charge < -0.3 is 20.9 Å². The van der Waals surface area contributed by atoms with Gasteiger partial charge in [-0.3, -0.25) is 14.4 Å². The average Bonchev–Trinajstić information content (AvgIpc) is 2.88. The van der Waals surface area contributed by atoms with Crippen molar-refractivity contribution < 1.29 is 14.4 Å². The zero-order chi connectivity index (χ0) is 24.8. The summed E-state index contributed by atoms with van der Waals surface area (Å²) in [5, 5.41) is 3.13. The maximum Gasteiger partial charge on any atom is 0.264 e. The molecule has 186 valence electrons. The van der Waals surface area contributed by atoms with Crippen molar-refractivity contribution in [2.45, 2.75) is 70.1 Å². The molecule has 1 saturated heterocycles. The highest BCUT2D eigenvalue weighted by atomic mass is 16.2. The molecule has 1 saturated carbocycles. The molecule has 1 aliphatic carbocycles. The van der Waals surface area contributed by atoms with Gasteiger partial charge in [0.15, 0.2) is 6.17 Å². The fourth-order valence-electron chi connectivity index (χ4n) is 5.02. The fourth-order valence-corrected chi connectivity index (χ4v) is 5.02. The summed E-state index contributed by atoms with van der Waals surface area (Å²) in [6, 6.07) is 17.4. The van der Waals surface area contributed by atoms with E-state index in [9.17, 15) is 14.4 Å². The van der Waals surface area contributed by atoms with E-state index in [0.29, 0.717) is 37.9 Å². The van der Waals surface area contributed by atoms with Gasteiger partial charge >= 0.3 is 0 Å². The SMILES string of the molecule is Cc1ccc(C(=O)N2CCCN(C(=O)CCc3ccccc3)C2C(=O)NC2CCC(N)CC2)cc1. The van der Waals surface area contributed by atoms with Crippen LogP contribution in [0.1, 0.15) is 60.0 Å². The number of amides is 3. The number of benzene rings is 2. The molecule has 0 spiro atoms. The van der Waals surface area contributed by atoms with E-state index in [2.05, 4.69) is 5.32 Å². The fraction of sp³-hybridized carbons (Fsp3) is 0.464. The van der Waals surface area contributed by atoms with E-state index in [-0.39, 0.29) is 29.8 Å². The van der Waals surface area contributed by atoms with Crippen LogP contribution in [0.2, 0.25) is 0 Å². The molecule has 7 nitrogen and oxygen atoms in total. The highest BCUT2D eigenvalue weighted by Crippen LogP contribution is 2.22. The summed E-state index contributed by atoms with van der Waals surface area (Å²) in [7, 11) is 0. The smallest absolute Gasteiger partial charge is 0.264 e. The third-order valence-electron chi connectivity index (χ3n) is 7.09. The zero-order valence-electron chi connectivity index (χ0n) is 20.5. The number of aryl methyl sites for hydroxylation is 2. The number of carbonyl (C=O) groups is 3. The van der Waals surface area contributed by atoms with Crippen molar-refractivity contribution in [1.29, 1.82) is 0 Å². The summed E-state index contributed by atoms with van der Waals surface area (Å²) in [6.07, 6.45) is 3.92. The Balaban J connectivity index is 1.54. The topological polar surface area (TPSA) is 95.7 Å². The van der Waals surface area contributed by atoms with Crippen molar-refractivity contribution >= 4 is 17.7 Å². The van der Waals surface area contributed by atoms with Crippen LogP contribution in [0, 0.1) is 6.92 Å². The number of hydrogen-bond donors (Lipinski definition) is 2. The van der Waals surface area contributed by atoms with Crippen LogP contribution in [0.15, 0.2) is 54.6 Å². The van der Waals surface area contributed by atoms with E-state index in [4.69, 9.17) is 5.73 Å². The number of hydrogen-bond acceptors (Lipinski definition) is 4. The van der Waals surface area contributed by atoms with E-state index in [0.717, 1.165) is 36.8 Å². The first-order valence-electron chi connectivity index (χ1n) is 12.7. The van der Waals surface area contributed by atoms with Gasteiger partial charge in [-0.15, -0.1) is 0 Å². The Morgan fingerprint density at radius 2 is 1.57 bits per heavy atom. The molecule has 3 N–H and O–H groups in total. The Kier molecular flexibility index (Phi) is 8.18. The van der Waals surface area contributed by atoms with Crippen molar-refractivity contribution in [3.8, 4) is 0 Å². The molecule has 0 radical (unpaired) electrons. The van der Waals surface area contributed by atoms with Gasteiger partial charge in [-0.2, -0.15) is 0 Å². The second kappa shape index (κ2) is 11.5. The highest BCUT2D eigenvalue weighted by Gasteiger charge is 2.41. The first-order chi connectivity index (χ1) is 16.9. The van der Waals surface area contributed by atoms with Gasteiger partial charge in [0.05, 0.1) is 0 Å². The molecule has 1 aliphatic heterocycles. The summed E-state index contributed by atoms with van der Waals surface area (Å²) in [5.74, 6) is -0.615. The Hall–Kier alpha value is -3.19. The predicted molar refractivity (Wildman–Crippen MR) is 135 cm³/mol. The third-order valence-corrected chi connectivity index (χ3v) is 7.09. The lowest BCUT2D eigenvalue weighted by molar-refractivity contribution is -0.149. The van der Waals surface area contributed by atoms with E-state index in [1.54, 1.807) is 21.9 Å².